The van der Waals surface area contributed by atoms with Gasteiger partial charge in [-0.3, -0.25) is 4.98 Å². The maximum absolute atomic E-state index is 6.64. The van der Waals surface area contributed by atoms with Crippen LogP contribution in [0.25, 0.3) is 10.9 Å². The van der Waals surface area contributed by atoms with Crippen molar-refractivity contribution in [3.05, 3.63) is 42.1 Å². The summed E-state index contributed by atoms with van der Waals surface area (Å²) in [5, 5.41) is 1.15. The molecule has 21 heavy (non-hydrogen) atoms. The molecule has 0 radical (unpaired) electrons. The van der Waals surface area contributed by atoms with Gasteiger partial charge in [-0.05, 0) is 43.5 Å². The van der Waals surface area contributed by atoms with Gasteiger partial charge in [-0.15, -0.1) is 0 Å². The van der Waals surface area contributed by atoms with Crippen molar-refractivity contribution in [1.82, 2.24) is 4.98 Å². The first-order chi connectivity index (χ1) is 10.2. The molecule has 2 aromatic rings. The van der Waals surface area contributed by atoms with Crippen molar-refractivity contribution >= 4 is 10.9 Å². The minimum Gasteiger partial charge on any atom is -0.373 e. The summed E-state index contributed by atoms with van der Waals surface area (Å²) in [6, 6.07) is 10.3. The average Bonchev–Trinajstić information content (AvgIpc) is 2.55. The van der Waals surface area contributed by atoms with Crippen molar-refractivity contribution in [2.24, 2.45) is 5.73 Å². The smallest absolute Gasteiger partial charge is 0.0874 e. The van der Waals surface area contributed by atoms with Crippen LogP contribution in [0.5, 0.6) is 0 Å². The van der Waals surface area contributed by atoms with Gasteiger partial charge >= 0.3 is 0 Å². The highest BCUT2D eigenvalue weighted by atomic mass is 16.5. The van der Waals surface area contributed by atoms with Gasteiger partial charge in [-0.25, -0.2) is 0 Å². The largest absolute Gasteiger partial charge is 0.373 e. The number of hydrogen-bond donors (Lipinski definition) is 1. The Kier molecular flexibility index (Phi) is 4.22. The summed E-state index contributed by atoms with van der Waals surface area (Å²) < 4.78 is 6.16. The zero-order valence-electron chi connectivity index (χ0n) is 12.7. The standard InChI is InChI=1S/C18H24N2O/c1-2-21-18(10-4-3-5-11-18)17(19)15-8-9-16-14(13-15)7-6-12-20-16/h6-9,12-13,17H,2-5,10-11,19H2,1H3. The maximum Gasteiger partial charge on any atom is 0.0874 e. The lowest BCUT2D eigenvalue weighted by Gasteiger charge is -2.42. The zero-order valence-corrected chi connectivity index (χ0v) is 12.7. The molecule has 3 heteroatoms. The van der Waals surface area contributed by atoms with Crippen LogP contribution in [0.4, 0.5) is 0 Å². The van der Waals surface area contributed by atoms with Gasteiger partial charge in [0.15, 0.2) is 0 Å². The Morgan fingerprint density at radius 2 is 2.05 bits per heavy atom. The van der Waals surface area contributed by atoms with E-state index in [1.54, 1.807) is 0 Å². The summed E-state index contributed by atoms with van der Waals surface area (Å²) in [4.78, 5) is 4.38. The van der Waals surface area contributed by atoms with Crippen LogP contribution in [-0.4, -0.2) is 17.2 Å². The van der Waals surface area contributed by atoms with E-state index in [-0.39, 0.29) is 11.6 Å². The molecule has 0 amide bonds. The van der Waals surface area contributed by atoms with Crippen molar-refractivity contribution in [1.29, 1.82) is 0 Å². The van der Waals surface area contributed by atoms with E-state index < -0.39 is 0 Å². The fourth-order valence-electron chi connectivity index (χ4n) is 3.57. The van der Waals surface area contributed by atoms with Crippen molar-refractivity contribution in [2.45, 2.75) is 50.7 Å². The molecule has 3 rings (SSSR count). The van der Waals surface area contributed by atoms with Crippen LogP contribution in [0.15, 0.2) is 36.5 Å². The second kappa shape index (κ2) is 6.12. The molecule has 1 heterocycles. The Labute approximate surface area is 126 Å². The number of aromatic nitrogens is 1. The summed E-state index contributed by atoms with van der Waals surface area (Å²) in [5.41, 5.74) is 8.62. The van der Waals surface area contributed by atoms with Crippen LogP contribution in [0, 0.1) is 0 Å². The minimum atomic E-state index is -0.192. The van der Waals surface area contributed by atoms with Gasteiger partial charge in [0.1, 0.15) is 0 Å². The number of pyridine rings is 1. The minimum absolute atomic E-state index is 0.0673. The predicted octanol–water partition coefficient (Wildman–Crippen LogP) is 3.97. The normalized spacial score (nSPS) is 19.5. The lowest BCUT2D eigenvalue weighted by atomic mass is 9.77. The maximum atomic E-state index is 6.64. The second-order valence-electron chi connectivity index (χ2n) is 5.99. The molecule has 3 nitrogen and oxygen atoms in total. The number of rotatable bonds is 4. The number of nitrogens with zero attached hydrogens (tertiary/aromatic N) is 1. The molecule has 1 aliphatic carbocycles. The van der Waals surface area contributed by atoms with Crippen LogP contribution in [0.1, 0.15) is 50.6 Å². The van der Waals surface area contributed by atoms with Crippen molar-refractivity contribution in [2.75, 3.05) is 6.61 Å². The number of nitrogens with two attached hydrogens (primary N) is 1. The van der Waals surface area contributed by atoms with Gasteiger partial charge in [0.05, 0.1) is 17.2 Å². The van der Waals surface area contributed by atoms with E-state index in [1.165, 1.54) is 19.3 Å². The van der Waals surface area contributed by atoms with E-state index in [4.69, 9.17) is 10.5 Å². The highest BCUT2D eigenvalue weighted by Crippen LogP contribution is 2.40. The third-order valence-electron chi connectivity index (χ3n) is 4.68. The molecular formula is C18H24N2O. The molecule has 0 aliphatic heterocycles. The van der Waals surface area contributed by atoms with Crippen molar-refractivity contribution < 1.29 is 4.74 Å². The Hall–Kier alpha value is -1.45. The highest BCUT2D eigenvalue weighted by molar-refractivity contribution is 5.79. The molecule has 1 saturated carbocycles. The molecule has 1 fully saturated rings. The van der Waals surface area contributed by atoms with Gasteiger partial charge in [-0.2, -0.15) is 0 Å². The number of benzene rings is 1. The summed E-state index contributed by atoms with van der Waals surface area (Å²) >= 11 is 0. The van der Waals surface area contributed by atoms with Gasteiger partial charge in [-0.1, -0.05) is 31.4 Å². The van der Waals surface area contributed by atoms with Gasteiger partial charge in [0, 0.05) is 18.2 Å². The van der Waals surface area contributed by atoms with Crippen molar-refractivity contribution in [3.63, 3.8) is 0 Å². The quantitative estimate of drug-likeness (QED) is 0.924. The van der Waals surface area contributed by atoms with Gasteiger partial charge < -0.3 is 10.5 Å². The Morgan fingerprint density at radius 3 is 2.81 bits per heavy atom. The van der Waals surface area contributed by atoms with E-state index in [1.807, 2.05) is 12.3 Å². The first-order valence-corrected chi connectivity index (χ1v) is 7.99. The third kappa shape index (κ3) is 2.81. The third-order valence-corrected chi connectivity index (χ3v) is 4.68. The van der Waals surface area contributed by atoms with Crippen LogP contribution in [-0.2, 0) is 4.74 Å². The van der Waals surface area contributed by atoms with E-state index in [2.05, 4.69) is 36.2 Å². The van der Waals surface area contributed by atoms with Crippen LogP contribution in [0.3, 0.4) is 0 Å². The van der Waals surface area contributed by atoms with Gasteiger partial charge in [0.25, 0.3) is 0 Å². The van der Waals surface area contributed by atoms with E-state index in [9.17, 15) is 0 Å². The monoisotopic (exact) mass is 284 g/mol. The fourth-order valence-corrected chi connectivity index (χ4v) is 3.57. The molecule has 1 unspecified atom stereocenters. The molecular weight excluding hydrogens is 260 g/mol. The van der Waals surface area contributed by atoms with Crippen molar-refractivity contribution in [3.8, 4) is 0 Å². The van der Waals surface area contributed by atoms with Crippen LogP contribution < -0.4 is 5.73 Å². The van der Waals surface area contributed by atoms with Crippen LogP contribution in [0.2, 0.25) is 0 Å². The van der Waals surface area contributed by atoms with E-state index >= 15 is 0 Å². The number of hydrogen-bond acceptors (Lipinski definition) is 3. The Bertz CT molecular complexity index is 599. The topological polar surface area (TPSA) is 48.1 Å². The summed E-state index contributed by atoms with van der Waals surface area (Å²) in [7, 11) is 0. The first-order valence-electron chi connectivity index (χ1n) is 7.99. The molecule has 1 atom stereocenters. The molecule has 1 aromatic carbocycles. The predicted molar refractivity (Wildman–Crippen MR) is 86.1 cm³/mol. The zero-order chi connectivity index (χ0) is 14.7. The van der Waals surface area contributed by atoms with Gasteiger partial charge in [0.2, 0.25) is 0 Å². The molecule has 2 N–H and O–H groups in total. The molecule has 1 aliphatic rings. The first kappa shape index (κ1) is 14.5. The van der Waals surface area contributed by atoms with E-state index in [0.29, 0.717) is 0 Å². The number of fused-ring (bicyclic) bond motifs is 1. The molecule has 0 spiro atoms. The number of ether oxygens (including phenoxy) is 1. The Morgan fingerprint density at radius 1 is 1.24 bits per heavy atom. The highest BCUT2D eigenvalue weighted by Gasteiger charge is 2.39. The molecule has 0 bridgehead atoms. The fraction of sp³-hybridized carbons (Fsp3) is 0.500. The average molecular weight is 284 g/mol. The van der Waals surface area contributed by atoms with E-state index in [0.717, 1.165) is 35.9 Å². The second-order valence-corrected chi connectivity index (χ2v) is 5.99. The lowest BCUT2D eigenvalue weighted by Crippen LogP contribution is -2.45. The summed E-state index contributed by atoms with van der Waals surface area (Å²) in [5.74, 6) is 0. The Balaban J connectivity index is 1.95. The SMILES string of the molecule is CCOC1(C(N)c2ccc3ncccc3c2)CCCCC1. The molecule has 0 saturated heterocycles. The summed E-state index contributed by atoms with van der Waals surface area (Å²) in [6.07, 6.45) is 7.67. The lowest BCUT2D eigenvalue weighted by molar-refractivity contribution is -0.0830. The molecule has 112 valence electrons. The summed E-state index contributed by atoms with van der Waals surface area (Å²) in [6.45, 7) is 2.79. The van der Waals surface area contributed by atoms with Crippen LogP contribution >= 0.6 is 0 Å². The molecule has 1 aromatic heterocycles.